The third-order valence-corrected chi connectivity index (χ3v) is 2.67. The first kappa shape index (κ1) is 10.7. The number of methoxy groups -OCH3 is 1. The molecular weight excluding hydrogens is 228 g/mol. The maximum atomic E-state index is 5.25. The maximum Gasteiger partial charge on any atom is 0.194 e. The Kier molecular flexibility index (Phi) is 3.20. The van der Waals surface area contributed by atoms with Gasteiger partial charge in [-0.2, -0.15) is 5.10 Å². The first-order valence-corrected chi connectivity index (χ1v) is 5.26. The summed E-state index contributed by atoms with van der Waals surface area (Å²) >= 11 is 1.33. The summed E-state index contributed by atoms with van der Waals surface area (Å²) in [6.45, 7) is 0. The molecular formula is C8H10N6OS. The smallest absolute Gasteiger partial charge is 0.194 e. The molecule has 8 heteroatoms. The van der Waals surface area contributed by atoms with Crippen LogP contribution in [0.25, 0.3) is 0 Å². The second-order valence-corrected chi connectivity index (χ2v) is 3.68. The molecule has 0 saturated heterocycles. The second-order valence-electron chi connectivity index (χ2n) is 2.70. The molecule has 2 aromatic heterocycles. The normalized spacial score (nSPS) is 10.1. The Morgan fingerprint density at radius 3 is 2.81 bits per heavy atom. The Balaban J connectivity index is 2.33. The SMILES string of the molecule is CNc1ncnc(Sc2ncn[nH]2)c1OC. The quantitative estimate of drug-likeness (QED) is 0.761. The molecule has 0 aliphatic rings. The van der Waals surface area contributed by atoms with Crippen molar-refractivity contribution in [3.63, 3.8) is 0 Å². The van der Waals surface area contributed by atoms with Gasteiger partial charge in [0.1, 0.15) is 12.7 Å². The van der Waals surface area contributed by atoms with Crippen LogP contribution >= 0.6 is 11.8 Å². The summed E-state index contributed by atoms with van der Waals surface area (Å²) in [5, 5.41) is 10.8. The fraction of sp³-hybridized carbons (Fsp3) is 0.250. The Morgan fingerprint density at radius 1 is 1.31 bits per heavy atom. The molecule has 0 saturated carbocycles. The molecule has 0 radical (unpaired) electrons. The number of nitrogens with zero attached hydrogens (tertiary/aromatic N) is 4. The van der Waals surface area contributed by atoms with E-state index in [0.717, 1.165) is 0 Å². The van der Waals surface area contributed by atoms with E-state index in [1.54, 1.807) is 14.2 Å². The minimum atomic E-state index is 0.589. The molecule has 0 atom stereocenters. The lowest BCUT2D eigenvalue weighted by Gasteiger charge is -2.09. The van der Waals surface area contributed by atoms with Crippen molar-refractivity contribution in [1.82, 2.24) is 25.1 Å². The van der Waals surface area contributed by atoms with Crippen molar-refractivity contribution >= 4 is 17.6 Å². The van der Waals surface area contributed by atoms with Crippen molar-refractivity contribution in [2.75, 3.05) is 19.5 Å². The molecule has 84 valence electrons. The summed E-state index contributed by atoms with van der Waals surface area (Å²) in [5.41, 5.74) is 0. The van der Waals surface area contributed by atoms with Crippen molar-refractivity contribution in [2.45, 2.75) is 10.2 Å². The van der Waals surface area contributed by atoms with Gasteiger partial charge >= 0.3 is 0 Å². The summed E-state index contributed by atoms with van der Waals surface area (Å²) < 4.78 is 5.25. The average molecular weight is 238 g/mol. The predicted octanol–water partition coefficient (Wildman–Crippen LogP) is 0.796. The van der Waals surface area contributed by atoms with E-state index < -0.39 is 0 Å². The van der Waals surface area contributed by atoms with Crippen LogP contribution in [0.4, 0.5) is 5.82 Å². The fourth-order valence-electron chi connectivity index (χ4n) is 1.13. The monoisotopic (exact) mass is 238 g/mol. The first-order valence-electron chi connectivity index (χ1n) is 4.45. The molecule has 0 aliphatic carbocycles. The number of hydrogen-bond donors (Lipinski definition) is 2. The van der Waals surface area contributed by atoms with Gasteiger partial charge in [-0.3, -0.25) is 5.10 Å². The maximum absolute atomic E-state index is 5.25. The summed E-state index contributed by atoms with van der Waals surface area (Å²) in [6, 6.07) is 0. The topological polar surface area (TPSA) is 88.6 Å². The minimum absolute atomic E-state index is 0.589. The zero-order valence-electron chi connectivity index (χ0n) is 8.76. The molecule has 0 fully saturated rings. The van der Waals surface area contributed by atoms with Gasteiger partial charge in [0, 0.05) is 7.05 Å². The highest BCUT2D eigenvalue weighted by molar-refractivity contribution is 7.99. The molecule has 16 heavy (non-hydrogen) atoms. The lowest BCUT2D eigenvalue weighted by Crippen LogP contribution is -1.99. The standard InChI is InChI=1S/C8H10N6OS/c1-9-6-5(15-2)7(11-3-10-6)16-8-12-4-13-14-8/h3-4H,1-2H3,(H,9,10,11)(H,12,13,14). The van der Waals surface area contributed by atoms with Gasteiger partial charge in [-0.15, -0.1) is 0 Å². The molecule has 0 bridgehead atoms. The Hall–Kier alpha value is -1.83. The van der Waals surface area contributed by atoms with Gasteiger partial charge in [-0.25, -0.2) is 15.0 Å². The highest BCUT2D eigenvalue weighted by Gasteiger charge is 2.13. The number of aromatic amines is 1. The van der Waals surface area contributed by atoms with E-state index in [0.29, 0.717) is 21.7 Å². The summed E-state index contributed by atoms with van der Waals surface area (Å²) in [7, 11) is 3.34. The molecule has 0 aromatic carbocycles. The zero-order valence-corrected chi connectivity index (χ0v) is 9.58. The third-order valence-electron chi connectivity index (χ3n) is 1.80. The predicted molar refractivity (Wildman–Crippen MR) is 58.6 cm³/mol. The molecule has 2 heterocycles. The van der Waals surface area contributed by atoms with Crippen molar-refractivity contribution in [3.8, 4) is 5.75 Å². The Morgan fingerprint density at radius 2 is 2.19 bits per heavy atom. The molecule has 2 aromatic rings. The van der Waals surface area contributed by atoms with E-state index in [-0.39, 0.29) is 0 Å². The Bertz CT molecular complexity index is 460. The van der Waals surface area contributed by atoms with Crippen LogP contribution in [0.5, 0.6) is 5.75 Å². The van der Waals surface area contributed by atoms with Crippen molar-refractivity contribution in [1.29, 1.82) is 0 Å². The number of nitrogens with one attached hydrogen (secondary N) is 2. The van der Waals surface area contributed by atoms with Gasteiger partial charge in [0.05, 0.1) is 7.11 Å². The van der Waals surface area contributed by atoms with Crippen LogP contribution in [-0.4, -0.2) is 39.3 Å². The van der Waals surface area contributed by atoms with Gasteiger partial charge in [0.2, 0.25) is 0 Å². The van der Waals surface area contributed by atoms with E-state index in [4.69, 9.17) is 4.74 Å². The molecule has 2 N–H and O–H groups in total. The highest BCUT2D eigenvalue weighted by atomic mass is 32.2. The summed E-state index contributed by atoms with van der Waals surface area (Å²) in [5.74, 6) is 1.23. The van der Waals surface area contributed by atoms with Crippen LogP contribution in [-0.2, 0) is 0 Å². The van der Waals surface area contributed by atoms with Crippen molar-refractivity contribution < 1.29 is 4.74 Å². The van der Waals surface area contributed by atoms with Crippen molar-refractivity contribution in [2.24, 2.45) is 0 Å². The largest absolute Gasteiger partial charge is 0.490 e. The lowest BCUT2D eigenvalue weighted by molar-refractivity contribution is 0.400. The number of rotatable bonds is 4. The van der Waals surface area contributed by atoms with Crippen LogP contribution in [0.15, 0.2) is 22.8 Å². The number of ether oxygens (including phenoxy) is 1. The fourth-order valence-corrected chi connectivity index (χ4v) is 1.88. The third kappa shape index (κ3) is 2.06. The number of hydrogen-bond acceptors (Lipinski definition) is 7. The van der Waals surface area contributed by atoms with Crippen molar-refractivity contribution in [3.05, 3.63) is 12.7 Å². The minimum Gasteiger partial charge on any atom is -0.490 e. The zero-order chi connectivity index (χ0) is 11.4. The van der Waals surface area contributed by atoms with E-state index in [1.165, 1.54) is 24.4 Å². The molecule has 7 nitrogen and oxygen atoms in total. The number of H-pyrrole nitrogens is 1. The highest BCUT2D eigenvalue weighted by Crippen LogP contribution is 2.34. The van der Waals surface area contributed by atoms with Crippen LogP contribution in [0.1, 0.15) is 0 Å². The van der Waals surface area contributed by atoms with Crippen LogP contribution in [0.3, 0.4) is 0 Å². The van der Waals surface area contributed by atoms with E-state index in [1.807, 2.05) is 0 Å². The second kappa shape index (κ2) is 4.79. The van der Waals surface area contributed by atoms with Gasteiger partial charge < -0.3 is 10.1 Å². The van der Waals surface area contributed by atoms with E-state index in [9.17, 15) is 0 Å². The van der Waals surface area contributed by atoms with Crippen LogP contribution in [0, 0.1) is 0 Å². The van der Waals surface area contributed by atoms with Crippen LogP contribution in [0.2, 0.25) is 0 Å². The van der Waals surface area contributed by atoms with E-state index >= 15 is 0 Å². The number of aromatic nitrogens is 5. The summed E-state index contributed by atoms with van der Waals surface area (Å²) in [4.78, 5) is 12.2. The van der Waals surface area contributed by atoms with Gasteiger partial charge in [0.25, 0.3) is 0 Å². The first-order chi connectivity index (χ1) is 7.85. The molecule has 0 unspecified atom stereocenters. The van der Waals surface area contributed by atoms with Gasteiger partial charge in [-0.1, -0.05) is 0 Å². The average Bonchev–Trinajstić information content (AvgIpc) is 2.81. The molecule has 0 spiro atoms. The van der Waals surface area contributed by atoms with Gasteiger partial charge in [0.15, 0.2) is 21.7 Å². The molecule has 0 amide bonds. The summed E-state index contributed by atoms with van der Waals surface area (Å²) in [6.07, 6.45) is 2.90. The lowest BCUT2D eigenvalue weighted by atomic mass is 10.5. The molecule has 0 aliphatic heterocycles. The van der Waals surface area contributed by atoms with E-state index in [2.05, 4.69) is 30.5 Å². The van der Waals surface area contributed by atoms with Gasteiger partial charge in [-0.05, 0) is 11.8 Å². The Labute approximate surface area is 96.1 Å². The van der Waals surface area contributed by atoms with Crippen LogP contribution < -0.4 is 10.1 Å². The number of anilines is 1. The molecule has 2 rings (SSSR count).